The molecular formula is C18H25N5O2. The first-order chi connectivity index (χ1) is 11.8. The summed E-state index contributed by atoms with van der Waals surface area (Å²) in [4.78, 5) is 20.1. The van der Waals surface area contributed by atoms with Crippen molar-refractivity contribution >= 4 is 12.1 Å². The molecule has 25 heavy (non-hydrogen) atoms. The summed E-state index contributed by atoms with van der Waals surface area (Å²) >= 11 is 0. The molecule has 0 saturated carbocycles. The largest absolute Gasteiger partial charge is 0.444 e. The van der Waals surface area contributed by atoms with E-state index in [-0.39, 0.29) is 6.09 Å². The molecule has 0 radical (unpaired) electrons. The van der Waals surface area contributed by atoms with Gasteiger partial charge in [0.25, 0.3) is 0 Å². The molecule has 2 N–H and O–H groups in total. The number of nitrogens with zero attached hydrogens (tertiary/aromatic N) is 4. The van der Waals surface area contributed by atoms with Gasteiger partial charge in [-0.15, -0.1) is 0 Å². The first-order valence-electron chi connectivity index (χ1n) is 8.30. The third-order valence-electron chi connectivity index (χ3n) is 3.74. The van der Waals surface area contributed by atoms with Gasteiger partial charge in [0, 0.05) is 26.2 Å². The maximum atomic E-state index is 12.1. The average molecular weight is 343 g/mol. The third-order valence-corrected chi connectivity index (χ3v) is 3.74. The van der Waals surface area contributed by atoms with Gasteiger partial charge in [0.15, 0.2) is 5.96 Å². The zero-order chi connectivity index (χ0) is 18.4. The number of hydrogen-bond donors (Lipinski definition) is 1. The zero-order valence-corrected chi connectivity index (χ0v) is 15.0. The molecule has 0 aromatic heterocycles. The molecule has 0 spiro atoms. The van der Waals surface area contributed by atoms with E-state index in [9.17, 15) is 4.79 Å². The molecule has 1 amide bonds. The van der Waals surface area contributed by atoms with Gasteiger partial charge in [-0.2, -0.15) is 5.26 Å². The van der Waals surface area contributed by atoms with Crippen LogP contribution in [0.5, 0.6) is 0 Å². The number of hydrogen-bond acceptors (Lipinski definition) is 4. The molecule has 0 bridgehead atoms. The predicted octanol–water partition coefficient (Wildman–Crippen LogP) is 1.93. The first kappa shape index (κ1) is 18.6. The molecule has 1 fully saturated rings. The Morgan fingerprint density at radius 2 is 1.92 bits per heavy atom. The average Bonchev–Trinajstić information content (AvgIpc) is 2.58. The van der Waals surface area contributed by atoms with Gasteiger partial charge < -0.3 is 20.3 Å². The Hall–Kier alpha value is -2.75. The van der Waals surface area contributed by atoms with Crippen molar-refractivity contribution in [2.75, 3.05) is 26.2 Å². The number of guanidine groups is 1. The molecule has 1 aliphatic heterocycles. The quantitative estimate of drug-likeness (QED) is 0.654. The van der Waals surface area contributed by atoms with Crippen LogP contribution in [-0.2, 0) is 11.3 Å². The minimum atomic E-state index is -0.493. The summed E-state index contributed by atoms with van der Waals surface area (Å²) in [7, 11) is 0. The molecular weight excluding hydrogens is 318 g/mol. The van der Waals surface area contributed by atoms with Gasteiger partial charge in [-0.05, 0) is 38.5 Å². The molecule has 7 nitrogen and oxygen atoms in total. The van der Waals surface area contributed by atoms with Crippen LogP contribution in [0.15, 0.2) is 29.3 Å². The Morgan fingerprint density at radius 1 is 1.28 bits per heavy atom. The summed E-state index contributed by atoms with van der Waals surface area (Å²) in [6.07, 6.45) is -0.295. The van der Waals surface area contributed by atoms with Gasteiger partial charge in [-0.3, -0.25) is 0 Å². The second kappa shape index (κ2) is 7.88. The van der Waals surface area contributed by atoms with E-state index in [0.717, 1.165) is 5.56 Å². The Kier molecular flexibility index (Phi) is 5.86. The number of aliphatic imine (C=N–C) groups is 1. The van der Waals surface area contributed by atoms with Gasteiger partial charge in [0.05, 0.1) is 18.2 Å². The van der Waals surface area contributed by atoms with Crippen molar-refractivity contribution in [2.24, 2.45) is 10.7 Å². The topological polar surface area (TPSA) is 94.9 Å². The molecule has 1 aromatic carbocycles. The van der Waals surface area contributed by atoms with E-state index in [1.807, 2.05) is 37.8 Å². The van der Waals surface area contributed by atoms with Gasteiger partial charge >= 0.3 is 6.09 Å². The van der Waals surface area contributed by atoms with Crippen molar-refractivity contribution in [2.45, 2.75) is 32.9 Å². The molecule has 134 valence electrons. The normalized spacial score (nSPS) is 15.7. The molecule has 1 heterocycles. The maximum Gasteiger partial charge on any atom is 0.410 e. The summed E-state index contributed by atoms with van der Waals surface area (Å²) in [6.45, 7) is 8.32. The number of piperazine rings is 1. The zero-order valence-electron chi connectivity index (χ0n) is 15.0. The number of carbonyl (C=O) groups excluding carboxylic acids is 1. The highest BCUT2D eigenvalue weighted by atomic mass is 16.6. The van der Waals surface area contributed by atoms with Crippen molar-refractivity contribution in [3.8, 4) is 6.07 Å². The highest BCUT2D eigenvalue weighted by Crippen LogP contribution is 2.12. The summed E-state index contributed by atoms with van der Waals surface area (Å²) in [6, 6.07) is 9.42. The van der Waals surface area contributed by atoms with E-state index < -0.39 is 5.60 Å². The summed E-state index contributed by atoms with van der Waals surface area (Å²) in [5.41, 5.74) is 7.12. The SMILES string of the molecule is CC(C)(C)OC(=O)N1CCN(C(N)=NCc2cccc(C#N)c2)CC1. The van der Waals surface area contributed by atoms with Crippen molar-refractivity contribution in [3.63, 3.8) is 0 Å². The molecule has 2 rings (SSSR count). The van der Waals surface area contributed by atoms with Crippen LogP contribution < -0.4 is 5.73 Å². The fourth-order valence-corrected chi connectivity index (χ4v) is 2.46. The highest BCUT2D eigenvalue weighted by Gasteiger charge is 2.26. The third kappa shape index (κ3) is 5.68. The number of benzene rings is 1. The van der Waals surface area contributed by atoms with Crippen LogP contribution in [0.25, 0.3) is 0 Å². The lowest BCUT2D eigenvalue weighted by atomic mass is 10.1. The van der Waals surface area contributed by atoms with Gasteiger partial charge in [0.2, 0.25) is 0 Å². The molecule has 0 unspecified atom stereocenters. The van der Waals surface area contributed by atoms with E-state index in [1.54, 1.807) is 17.0 Å². The summed E-state index contributed by atoms with van der Waals surface area (Å²) in [5.74, 6) is 0.450. The van der Waals surface area contributed by atoms with Crippen molar-refractivity contribution in [1.29, 1.82) is 5.26 Å². The summed E-state index contributed by atoms with van der Waals surface area (Å²) < 4.78 is 5.38. The number of amides is 1. The lowest BCUT2D eigenvalue weighted by Crippen LogP contribution is -2.53. The Bertz CT molecular complexity index is 679. The first-order valence-corrected chi connectivity index (χ1v) is 8.30. The highest BCUT2D eigenvalue weighted by molar-refractivity contribution is 5.78. The summed E-state index contributed by atoms with van der Waals surface area (Å²) in [5, 5.41) is 8.92. The standard InChI is InChI=1S/C18H25N5O2/c1-18(2,3)25-17(24)23-9-7-22(8-10-23)16(20)21-13-15-6-4-5-14(11-15)12-19/h4-6,11H,7-10,13H2,1-3H3,(H2,20,21). The number of nitriles is 1. The molecule has 1 saturated heterocycles. The fraction of sp³-hybridized carbons (Fsp3) is 0.500. The van der Waals surface area contributed by atoms with Gasteiger partial charge in [-0.1, -0.05) is 12.1 Å². The fourth-order valence-electron chi connectivity index (χ4n) is 2.46. The minimum Gasteiger partial charge on any atom is -0.444 e. The van der Waals surface area contributed by atoms with E-state index in [0.29, 0.717) is 44.2 Å². The van der Waals surface area contributed by atoms with E-state index in [2.05, 4.69) is 11.1 Å². The second-order valence-electron chi connectivity index (χ2n) is 6.94. The van der Waals surface area contributed by atoms with E-state index in [4.69, 9.17) is 15.7 Å². The molecule has 0 aliphatic carbocycles. The molecule has 0 atom stereocenters. The van der Waals surface area contributed by atoms with Gasteiger partial charge in [0.1, 0.15) is 5.60 Å². The second-order valence-corrected chi connectivity index (χ2v) is 6.94. The van der Waals surface area contributed by atoms with E-state index in [1.165, 1.54) is 0 Å². The Labute approximate surface area is 148 Å². The monoisotopic (exact) mass is 343 g/mol. The molecule has 1 aromatic rings. The van der Waals surface area contributed by atoms with Crippen LogP contribution in [0.1, 0.15) is 31.9 Å². The Balaban J connectivity index is 1.87. The van der Waals surface area contributed by atoms with Crippen molar-refractivity contribution < 1.29 is 9.53 Å². The van der Waals surface area contributed by atoms with Crippen molar-refractivity contribution in [1.82, 2.24) is 9.80 Å². The predicted molar refractivity (Wildman–Crippen MR) is 95.9 cm³/mol. The Morgan fingerprint density at radius 3 is 2.52 bits per heavy atom. The van der Waals surface area contributed by atoms with Crippen molar-refractivity contribution in [3.05, 3.63) is 35.4 Å². The number of rotatable bonds is 2. The lowest BCUT2D eigenvalue weighted by Gasteiger charge is -2.36. The minimum absolute atomic E-state index is 0.295. The number of carbonyl (C=O) groups is 1. The van der Waals surface area contributed by atoms with Crippen LogP contribution >= 0.6 is 0 Å². The lowest BCUT2D eigenvalue weighted by molar-refractivity contribution is 0.0186. The van der Waals surface area contributed by atoms with Crippen LogP contribution in [0.3, 0.4) is 0 Å². The van der Waals surface area contributed by atoms with E-state index >= 15 is 0 Å². The van der Waals surface area contributed by atoms with Crippen LogP contribution in [0.4, 0.5) is 4.79 Å². The molecule has 7 heteroatoms. The van der Waals surface area contributed by atoms with Crippen LogP contribution in [0, 0.1) is 11.3 Å². The van der Waals surface area contributed by atoms with Gasteiger partial charge in [-0.25, -0.2) is 9.79 Å². The van der Waals surface area contributed by atoms with Crippen LogP contribution in [-0.4, -0.2) is 53.6 Å². The number of ether oxygens (including phenoxy) is 1. The smallest absolute Gasteiger partial charge is 0.410 e. The van der Waals surface area contributed by atoms with Crippen LogP contribution in [0.2, 0.25) is 0 Å². The maximum absolute atomic E-state index is 12.1. The number of nitrogens with two attached hydrogens (primary N) is 1. The molecule has 1 aliphatic rings.